The molecule has 0 bridgehead atoms. The molecule has 1 atom stereocenters. The van der Waals surface area contributed by atoms with Gasteiger partial charge in [-0.2, -0.15) is 0 Å². The van der Waals surface area contributed by atoms with Gasteiger partial charge < -0.3 is 14.8 Å². The number of rotatable bonds is 0. The van der Waals surface area contributed by atoms with E-state index in [-0.39, 0.29) is 11.2 Å². The van der Waals surface area contributed by atoms with Crippen molar-refractivity contribution in [3.63, 3.8) is 0 Å². The Morgan fingerprint density at radius 1 is 0.950 bits per heavy atom. The molecule has 0 radical (unpaired) electrons. The highest BCUT2D eigenvalue weighted by Crippen LogP contribution is 2.46. The van der Waals surface area contributed by atoms with E-state index in [1.807, 2.05) is 6.07 Å². The first-order valence-electron chi connectivity index (χ1n) is 7.95. The van der Waals surface area contributed by atoms with Gasteiger partial charge in [0.1, 0.15) is 11.4 Å². The van der Waals surface area contributed by atoms with Gasteiger partial charge in [0.25, 0.3) is 0 Å². The highest BCUT2D eigenvalue weighted by molar-refractivity contribution is 5.40. The van der Waals surface area contributed by atoms with Crippen LogP contribution in [0.3, 0.4) is 0 Å². The van der Waals surface area contributed by atoms with E-state index in [2.05, 4.69) is 23.5 Å². The number of fused-ring (bicyclic) bond motifs is 2. The van der Waals surface area contributed by atoms with Crippen molar-refractivity contribution in [2.75, 3.05) is 19.7 Å². The minimum absolute atomic E-state index is 0.0565. The molecule has 20 heavy (non-hydrogen) atoms. The monoisotopic (exact) mass is 273 g/mol. The molecule has 1 saturated heterocycles. The molecule has 1 aliphatic carbocycles. The lowest BCUT2D eigenvalue weighted by molar-refractivity contribution is -0.206. The van der Waals surface area contributed by atoms with E-state index < -0.39 is 0 Å². The average Bonchev–Trinajstić information content (AvgIpc) is 2.49. The van der Waals surface area contributed by atoms with Gasteiger partial charge in [-0.05, 0) is 18.9 Å². The summed E-state index contributed by atoms with van der Waals surface area (Å²) in [7, 11) is 0. The fourth-order valence-corrected chi connectivity index (χ4v) is 4.17. The number of hydrogen-bond donors (Lipinski definition) is 1. The summed E-state index contributed by atoms with van der Waals surface area (Å²) in [5.74, 6) is 1.01. The third-order valence-electron chi connectivity index (χ3n) is 5.18. The summed E-state index contributed by atoms with van der Waals surface area (Å²) in [4.78, 5) is 0. The Morgan fingerprint density at radius 3 is 2.70 bits per heavy atom. The fourth-order valence-electron chi connectivity index (χ4n) is 4.17. The van der Waals surface area contributed by atoms with Gasteiger partial charge in [0.05, 0.1) is 12.2 Å². The van der Waals surface area contributed by atoms with Crippen molar-refractivity contribution in [3.8, 4) is 5.75 Å². The lowest BCUT2D eigenvalue weighted by atomic mass is 9.79. The minimum Gasteiger partial charge on any atom is -0.493 e. The van der Waals surface area contributed by atoms with Crippen LogP contribution in [-0.4, -0.2) is 25.3 Å². The smallest absolute Gasteiger partial charge is 0.125 e. The van der Waals surface area contributed by atoms with Gasteiger partial charge in [0.2, 0.25) is 0 Å². The van der Waals surface area contributed by atoms with Crippen LogP contribution in [0.5, 0.6) is 5.75 Å². The molecule has 2 heterocycles. The zero-order valence-electron chi connectivity index (χ0n) is 12.0. The van der Waals surface area contributed by atoms with Crippen LogP contribution in [0.2, 0.25) is 0 Å². The van der Waals surface area contributed by atoms with Crippen LogP contribution < -0.4 is 10.1 Å². The Balaban J connectivity index is 1.70. The van der Waals surface area contributed by atoms with E-state index in [0.29, 0.717) is 0 Å². The molecule has 108 valence electrons. The number of ether oxygens (including phenoxy) is 2. The van der Waals surface area contributed by atoms with Crippen molar-refractivity contribution in [1.82, 2.24) is 5.32 Å². The Bertz CT molecular complexity index is 490. The van der Waals surface area contributed by atoms with Crippen LogP contribution in [0.15, 0.2) is 24.3 Å². The van der Waals surface area contributed by atoms with E-state index in [9.17, 15) is 0 Å². The lowest BCUT2D eigenvalue weighted by Crippen LogP contribution is -2.60. The Kier molecular flexibility index (Phi) is 3.00. The molecule has 3 heteroatoms. The molecule has 1 aromatic carbocycles. The maximum Gasteiger partial charge on any atom is 0.125 e. The number of hydrogen-bond acceptors (Lipinski definition) is 3. The Morgan fingerprint density at radius 2 is 1.80 bits per heavy atom. The summed E-state index contributed by atoms with van der Waals surface area (Å²) in [5.41, 5.74) is 1.12. The molecular weight excluding hydrogens is 250 g/mol. The summed E-state index contributed by atoms with van der Waals surface area (Å²) < 4.78 is 12.6. The maximum atomic E-state index is 6.83. The summed E-state index contributed by atoms with van der Waals surface area (Å²) in [6.07, 6.45) is 7.32. The van der Waals surface area contributed by atoms with Crippen molar-refractivity contribution >= 4 is 0 Å². The van der Waals surface area contributed by atoms with E-state index in [1.54, 1.807) is 0 Å². The molecule has 1 unspecified atom stereocenters. The second kappa shape index (κ2) is 4.74. The quantitative estimate of drug-likeness (QED) is 0.788. The molecular formula is C17H23NO2. The molecule has 1 N–H and O–H groups in total. The zero-order chi connectivity index (χ0) is 13.5. The first-order chi connectivity index (χ1) is 9.82. The van der Waals surface area contributed by atoms with Crippen LogP contribution in [0.1, 0.15) is 44.1 Å². The van der Waals surface area contributed by atoms with Crippen molar-refractivity contribution < 1.29 is 9.47 Å². The second-order valence-corrected chi connectivity index (χ2v) is 6.54. The fraction of sp³-hybridized carbons (Fsp3) is 0.647. The van der Waals surface area contributed by atoms with E-state index in [4.69, 9.17) is 9.47 Å². The number of benzene rings is 1. The molecule has 1 aromatic rings. The molecule has 2 aliphatic heterocycles. The molecule has 4 rings (SSSR count). The normalized spacial score (nSPS) is 31.8. The maximum absolute atomic E-state index is 6.83. The summed E-state index contributed by atoms with van der Waals surface area (Å²) >= 11 is 0. The molecule has 1 saturated carbocycles. The number of nitrogens with one attached hydrogen (secondary N) is 1. The molecule has 0 amide bonds. The van der Waals surface area contributed by atoms with Crippen LogP contribution >= 0.6 is 0 Å². The standard InChI is InChI=1S/C17H23NO2/c1-4-8-16(9-5-1)12-18-13-17(20-16)10-11-19-15-7-3-2-6-14(15)17/h2-3,6-7,18H,1,4-5,8-13H2. The zero-order valence-corrected chi connectivity index (χ0v) is 12.0. The third kappa shape index (κ3) is 1.95. The van der Waals surface area contributed by atoms with Crippen LogP contribution in [0.4, 0.5) is 0 Å². The topological polar surface area (TPSA) is 30.5 Å². The van der Waals surface area contributed by atoms with Gasteiger partial charge in [-0.25, -0.2) is 0 Å². The lowest BCUT2D eigenvalue weighted by Gasteiger charge is -2.52. The average molecular weight is 273 g/mol. The highest BCUT2D eigenvalue weighted by Gasteiger charge is 2.49. The number of para-hydroxylation sites is 1. The summed E-state index contributed by atoms with van der Waals surface area (Å²) in [6, 6.07) is 8.39. The van der Waals surface area contributed by atoms with Crippen molar-refractivity contribution in [2.24, 2.45) is 0 Å². The SMILES string of the molecule is c1ccc2c(c1)OCCC21CNCC2(CCCCC2)O1. The van der Waals surface area contributed by atoms with E-state index in [0.717, 1.165) is 31.9 Å². The summed E-state index contributed by atoms with van der Waals surface area (Å²) in [6.45, 7) is 2.68. The largest absolute Gasteiger partial charge is 0.493 e. The summed E-state index contributed by atoms with van der Waals surface area (Å²) in [5, 5.41) is 3.67. The Hall–Kier alpha value is -1.06. The highest BCUT2D eigenvalue weighted by atomic mass is 16.5. The van der Waals surface area contributed by atoms with Gasteiger partial charge in [0, 0.05) is 25.1 Å². The molecule has 2 spiro atoms. The van der Waals surface area contributed by atoms with Crippen LogP contribution in [-0.2, 0) is 10.3 Å². The van der Waals surface area contributed by atoms with Crippen LogP contribution in [0, 0.1) is 0 Å². The molecule has 2 fully saturated rings. The second-order valence-electron chi connectivity index (χ2n) is 6.54. The van der Waals surface area contributed by atoms with Gasteiger partial charge in [0.15, 0.2) is 0 Å². The molecule has 3 nitrogen and oxygen atoms in total. The van der Waals surface area contributed by atoms with Crippen molar-refractivity contribution in [1.29, 1.82) is 0 Å². The molecule has 0 aromatic heterocycles. The van der Waals surface area contributed by atoms with E-state index >= 15 is 0 Å². The molecule has 3 aliphatic rings. The van der Waals surface area contributed by atoms with Gasteiger partial charge in [-0.1, -0.05) is 37.5 Å². The van der Waals surface area contributed by atoms with Crippen molar-refractivity contribution in [3.05, 3.63) is 29.8 Å². The first kappa shape index (κ1) is 12.7. The first-order valence-corrected chi connectivity index (χ1v) is 7.95. The van der Waals surface area contributed by atoms with Crippen molar-refractivity contribution in [2.45, 2.75) is 49.7 Å². The predicted octanol–water partition coefficient (Wildman–Crippen LogP) is 2.99. The predicted molar refractivity (Wildman–Crippen MR) is 78.0 cm³/mol. The van der Waals surface area contributed by atoms with E-state index in [1.165, 1.54) is 37.7 Å². The van der Waals surface area contributed by atoms with Gasteiger partial charge >= 0.3 is 0 Å². The Labute approximate surface area is 120 Å². The minimum atomic E-state index is -0.176. The van der Waals surface area contributed by atoms with Crippen LogP contribution in [0.25, 0.3) is 0 Å². The number of morpholine rings is 1. The van der Waals surface area contributed by atoms with Gasteiger partial charge in [-0.3, -0.25) is 0 Å². The van der Waals surface area contributed by atoms with Gasteiger partial charge in [-0.15, -0.1) is 0 Å². The third-order valence-corrected chi connectivity index (χ3v) is 5.18.